The average molecular weight is 294 g/mol. The second-order valence-electron chi connectivity index (χ2n) is 4.52. The molecule has 0 spiro atoms. The third kappa shape index (κ3) is 3.42. The van der Waals surface area contributed by atoms with Gasteiger partial charge in [0, 0.05) is 10.9 Å². The van der Waals surface area contributed by atoms with E-state index in [0.717, 1.165) is 27.5 Å². The summed E-state index contributed by atoms with van der Waals surface area (Å²) < 4.78 is 0. The molecular weight excluding hydrogens is 280 g/mol. The quantitative estimate of drug-likeness (QED) is 0.738. The number of nitrogens with zero attached hydrogens (tertiary/aromatic N) is 2. The lowest BCUT2D eigenvalue weighted by molar-refractivity contribution is 0.282. The van der Waals surface area contributed by atoms with Crippen LogP contribution in [0.3, 0.4) is 0 Å². The largest absolute Gasteiger partial charge is 0.392 e. The first-order chi connectivity index (χ1) is 10.3. The molecule has 21 heavy (non-hydrogen) atoms. The lowest BCUT2D eigenvalue weighted by Gasteiger charge is -1.96. The molecule has 3 aromatic rings. The molecule has 2 aromatic carbocycles. The second-order valence-corrected chi connectivity index (χ2v) is 5.41. The molecule has 0 saturated carbocycles. The number of thiazole rings is 1. The molecular formula is C17H14N2OS. The minimum Gasteiger partial charge on any atom is -0.392 e. The van der Waals surface area contributed by atoms with Crippen molar-refractivity contribution in [1.82, 2.24) is 4.98 Å². The van der Waals surface area contributed by atoms with Crippen LogP contribution in [0.1, 0.15) is 10.6 Å². The Labute approximate surface area is 127 Å². The van der Waals surface area contributed by atoms with Crippen molar-refractivity contribution in [2.75, 3.05) is 0 Å². The van der Waals surface area contributed by atoms with E-state index in [-0.39, 0.29) is 6.61 Å². The lowest BCUT2D eigenvalue weighted by Crippen LogP contribution is -1.82. The third-order valence-corrected chi connectivity index (χ3v) is 3.81. The van der Waals surface area contributed by atoms with Gasteiger partial charge in [0.05, 0.1) is 24.2 Å². The van der Waals surface area contributed by atoms with E-state index < -0.39 is 0 Å². The fraction of sp³-hybridized carbons (Fsp3) is 0.0588. The molecule has 1 heterocycles. The van der Waals surface area contributed by atoms with Gasteiger partial charge in [-0.15, -0.1) is 11.3 Å². The van der Waals surface area contributed by atoms with Crippen LogP contribution in [0.2, 0.25) is 0 Å². The Morgan fingerprint density at radius 3 is 2.52 bits per heavy atom. The maximum Gasteiger partial charge on any atom is 0.135 e. The molecule has 0 aliphatic carbocycles. The fourth-order valence-electron chi connectivity index (χ4n) is 1.91. The first-order valence-electron chi connectivity index (χ1n) is 6.60. The van der Waals surface area contributed by atoms with E-state index in [9.17, 15) is 0 Å². The number of aliphatic hydroxyl groups is 1. The number of hydrogen-bond donors (Lipinski definition) is 1. The molecule has 0 radical (unpaired) electrons. The van der Waals surface area contributed by atoms with E-state index in [0.29, 0.717) is 0 Å². The molecule has 104 valence electrons. The molecule has 0 amide bonds. The highest BCUT2D eigenvalue weighted by Gasteiger charge is 2.02. The average Bonchev–Trinajstić information content (AvgIpc) is 3.03. The highest BCUT2D eigenvalue weighted by molar-refractivity contribution is 7.11. The molecule has 0 unspecified atom stereocenters. The van der Waals surface area contributed by atoms with E-state index in [1.807, 2.05) is 60.0 Å². The van der Waals surface area contributed by atoms with Crippen LogP contribution in [0.15, 0.2) is 65.0 Å². The summed E-state index contributed by atoms with van der Waals surface area (Å²) in [6.45, 7) is 0.0525. The van der Waals surface area contributed by atoms with Crippen LogP contribution in [0.25, 0.3) is 11.3 Å². The molecule has 0 bridgehead atoms. The molecule has 0 aliphatic rings. The first-order valence-corrected chi connectivity index (χ1v) is 7.48. The fourth-order valence-corrected chi connectivity index (χ4v) is 2.59. The van der Waals surface area contributed by atoms with Gasteiger partial charge in [0.25, 0.3) is 0 Å². The van der Waals surface area contributed by atoms with Gasteiger partial charge >= 0.3 is 0 Å². The van der Waals surface area contributed by atoms with E-state index in [2.05, 4.69) is 9.98 Å². The van der Waals surface area contributed by atoms with E-state index in [1.165, 1.54) is 0 Å². The van der Waals surface area contributed by atoms with Crippen molar-refractivity contribution >= 4 is 23.2 Å². The molecule has 0 aliphatic heterocycles. The van der Waals surface area contributed by atoms with E-state index in [4.69, 9.17) is 5.11 Å². The van der Waals surface area contributed by atoms with E-state index in [1.54, 1.807) is 17.6 Å². The Morgan fingerprint density at radius 2 is 1.81 bits per heavy atom. The monoisotopic (exact) mass is 294 g/mol. The van der Waals surface area contributed by atoms with Gasteiger partial charge in [-0.25, -0.2) is 4.98 Å². The summed E-state index contributed by atoms with van der Waals surface area (Å²) >= 11 is 1.57. The molecule has 4 heteroatoms. The van der Waals surface area contributed by atoms with Gasteiger partial charge < -0.3 is 5.11 Å². The topological polar surface area (TPSA) is 45.5 Å². The maximum absolute atomic E-state index is 9.00. The van der Waals surface area contributed by atoms with Crippen molar-refractivity contribution in [3.63, 3.8) is 0 Å². The van der Waals surface area contributed by atoms with Crippen molar-refractivity contribution in [2.45, 2.75) is 6.61 Å². The van der Waals surface area contributed by atoms with Crippen LogP contribution in [-0.4, -0.2) is 16.3 Å². The number of aliphatic imine (C=N–C) groups is 1. The first kappa shape index (κ1) is 13.7. The highest BCUT2D eigenvalue weighted by atomic mass is 32.1. The summed E-state index contributed by atoms with van der Waals surface area (Å²) in [6.07, 6.45) is 1.77. The summed E-state index contributed by atoms with van der Waals surface area (Å²) in [5.41, 5.74) is 3.82. The second kappa shape index (κ2) is 6.43. The van der Waals surface area contributed by atoms with Crippen molar-refractivity contribution in [1.29, 1.82) is 0 Å². The van der Waals surface area contributed by atoms with Crippen LogP contribution in [0.4, 0.5) is 5.69 Å². The standard InChI is InChI=1S/C17H14N2OS/c20-11-13-6-8-15(9-7-13)18-10-17-19-16(12-21-17)14-4-2-1-3-5-14/h1-10,12,20H,11H2/b18-10+. The van der Waals surface area contributed by atoms with Gasteiger partial charge in [-0.3, -0.25) is 4.99 Å². The zero-order chi connectivity index (χ0) is 14.5. The third-order valence-electron chi connectivity index (χ3n) is 3.03. The highest BCUT2D eigenvalue weighted by Crippen LogP contribution is 2.21. The lowest BCUT2D eigenvalue weighted by atomic mass is 10.2. The van der Waals surface area contributed by atoms with Gasteiger partial charge in [-0.1, -0.05) is 42.5 Å². The van der Waals surface area contributed by atoms with Gasteiger partial charge in [-0.2, -0.15) is 0 Å². The molecule has 1 aromatic heterocycles. The summed E-state index contributed by atoms with van der Waals surface area (Å²) in [5.74, 6) is 0. The summed E-state index contributed by atoms with van der Waals surface area (Å²) in [7, 11) is 0. The molecule has 1 N–H and O–H groups in total. The van der Waals surface area contributed by atoms with Gasteiger partial charge in [-0.05, 0) is 17.7 Å². The van der Waals surface area contributed by atoms with Crippen molar-refractivity contribution in [3.05, 3.63) is 70.5 Å². The van der Waals surface area contributed by atoms with E-state index >= 15 is 0 Å². The van der Waals surface area contributed by atoms with Crippen molar-refractivity contribution in [3.8, 4) is 11.3 Å². The van der Waals surface area contributed by atoms with Crippen LogP contribution >= 0.6 is 11.3 Å². The summed E-state index contributed by atoms with van der Waals surface area (Å²) in [6, 6.07) is 17.6. The van der Waals surface area contributed by atoms with Crippen molar-refractivity contribution < 1.29 is 5.11 Å². The number of aliphatic hydroxyl groups excluding tert-OH is 1. The number of aromatic nitrogens is 1. The molecule has 3 rings (SSSR count). The Balaban J connectivity index is 1.76. The Morgan fingerprint density at radius 1 is 1.05 bits per heavy atom. The number of hydrogen-bond acceptors (Lipinski definition) is 4. The van der Waals surface area contributed by atoms with Crippen LogP contribution < -0.4 is 0 Å². The molecule has 0 saturated heterocycles. The predicted molar refractivity (Wildman–Crippen MR) is 87.2 cm³/mol. The SMILES string of the molecule is OCc1ccc(/N=C/c2nc(-c3ccccc3)cs2)cc1. The van der Waals surface area contributed by atoms with Crippen molar-refractivity contribution in [2.24, 2.45) is 4.99 Å². The predicted octanol–water partition coefficient (Wildman–Crippen LogP) is 4.05. The smallest absolute Gasteiger partial charge is 0.135 e. The van der Waals surface area contributed by atoms with Gasteiger partial charge in [0.2, 0.25) is 0 Å². The van der Waals surface area contributed by atoms with Crippen LogP contribution in [0, 0.1) is 0 Å². The number of benzene rings is 2. The molecule has 0 atom stereocenters. The zero-order valence-corrected chi connectivity index (χ0v) is 12.1. The Bertz CT molecular complexity index is 733. The normalized spacial score (nSPS) is 11.1. The van der Waals surface area contributed by atoms with Gasteiger partial charge in [0.1, 0.15) is 5.01 Å². The minimum atomic E-state index is 0.0525. The maximum atomic E-state index is 9.00. The summed E-state index contributed by atoms with van der Waals surface area (Å²) in [5, 5.41) is 11.9. The molecule has 0 fully saturated rings. The Kier molecular flexibility index (Phi) is 4.19. The zero-order valence-electron chi connectivity index (χ0n) is 11.3. The van der Waals surface area contributed by atoms with Crippen LogP contribution in [0.5, 0.6) is 0 Å². The Hall–Kier alpha value is -2.30. The molecule has 3 nitrogen and oxygen atoms in total. The summed E-state index contributed by atoms with van der Waals surface area (Å²) in [4.78, 5) is 8.96. The number of rotatable bonds is 4. The van der Waals surface area contributed by atoms with Gasteiger partial charge in [0.15, 0.2) is 0 Å². The minimum absolute atomic E-state index is 0.0525. The van der Waals surface area contributed by atoms with Crippen LogP contribution in [-0.2, 0) is 6.61 Å².